The molecule has 3 fully saturated rings. The second-order valence-corrected chi connectivity index (χ2v) is 10.3. The van der Waals surface area contributed by atoms with E-state index >= 15 is 0 Å². The van der Waals surface area contributed by atoms with E-state index in [1.165, 1.54) is 4.31 Å². The molecular weight excluding hydrogens is 390 g/mol. The molecule has 0 aromatic heterocycles. The number of hydrogen-bond acceptors (Lipinski definition) is 4. The van der Waals surface area contributed by atoms with Gasteiger partial charge in [-0.3, -0.25) is 9.59 Å². The van der Waals surface area contributed by atoms with Gasteiger partial charge in [-0.15, -0.1) is 0 Å². The molecule has 1 atom stereocenters. The second kappa shape index (κ2) is 8.44. The van der Waals surface area contributed by atoms with Crippen molar-refractivity contribution in [2.24, 2.45) is 5.92 Å². The maximum atomic E-state index is 12.9. The van der Waals surface area contributed by atoms with E-state index < -0.39 is 10.0 Å². The van der Waals surface area contributed by atoms with Gasteiger partial charge in [0.2, 0.25) is 21.8 Å². The SMILES string of the molecule is O=C([C@@H]1CC(=O)N(C2CCCC2)C1)N1CCN(S(=O)(=O)Cc2ccccc2)CC1. The van der Waals surface area contributed by atoms with Gasteiger partial charge in [0, 0.05) is 45.2 Å². The molecule has 8 heteroatoms. The molecule has 2 amide bonds. The minimum atomic E-state index is -3.40. The highest BCUT2D eigenvalue weighted by atomic mass is 32.2. The Kier molecular flexibility index (Phi) is 5.92. The number of piperazine rings is 1. The lowest BCUT2D eigenvalue weighted by molar-refractivity contribution is -0.137. The lowest BCUT2D eigenvalue weighted by atomic mass is 10.1. The van der Waals surface area contributed by atoms with Crippen molar-refractivity contribution in [1.82, 2.24) is 14.1 Å². The Morgan fingerprint density at radius 3 is 2.31 bits per heavy atom. The molecule has 2 saturated heterocycles. The molecule has 7 nitrogen and oxygen atoms in total. The van der Waals surface area contributed by atoms with E-state index in [9.17, 15) is 18.0 Å². The van der Waals surface area contributed by atoms with Gasteiger partial charge in [-0.25, -0.2) is 8.42 Å². The van der Waals surface area contributed by atoms with Crippen LogP contribution in [0.25, 0.3) is 0 Å². The molecule has 1 aliphatic carbocycles. The Morgan fingerprint density at radius 2 is 1.66 bits per heavy atom. The van der Waals surface area contributed by atoms with Crippen molar-refractivity contribution in [3.05, 3.63) is 35.9 Å². The number of hydrogen-bond donors (Lipinski definition) is 0. The minimum Gasteiger partial charge on any atom is -0.340 e. The fraction of sp³-hybridized carbons (Fsp3) is 0.619. The van der Waals surface area contributed by atoms with E-state index in [2.05, 4.69) is 0 Å². The molecule has 1 aromatic rings. The average Bonchev–Trinajstić information content (AvgIpc) is 3.37. The van der Waals surface area contributed by atoms with E-state index in [0.29, 0.717) is 45.2 Å². The van der Waals surface area contributed by atoms with Crippen LogP contribution in [-0.4, -0.2) is 73.1 Å². The first-order chi connectivity index (χ1) is 13.9. The van der Waals surface area contributed by atoms with Gasteiger partial charge in [0.05, 0.1) is 11.7 Å². The van der Waals surface area contributed by atoms with E-state index in [0.717, 1.165) is 31.2 Å². The van der Waals surface area contributed by atoms with E-state index in [1.54, 1.807) is 4.90 Å². The minimum absolute atomic E-state index is 0.000968. The van der Waals surface area contributed by atoms with E-state index in [4.69, 9.17) is 0 Å². The largest absolute Gasteiger partial charge is 0.340 e. The highest BCUT2D eigenvalue weighted by molar-refractivity contribution is 7.88. The summed E-state index contributed by atoms with van der Waals surface area (Å²) in [4.78, 5) is 29.0. The topological polar surface area (TPSA) is 78.0 Å². The zero-order valence-electron chi connectivity index (χ0n) is 16.7. The number of amides is 2. The molecule has 0 bridgehead atoms. The normalized spacial score (nSPS) is 24.4. The summed E-state index contributed by atoms with van der Waals surface area (Å²) in [5.41, 5.74) is 0.766. The van der Waals surface area contributed by atoms with Crippen LogP contribution < -0.4 is 0 Å². The quantitative estimate of drug-likeness (QED) is 0.724. The lowest BCUT2D eigenvalue weighted by Crippen LogP contribution is -2.52. The first kappa shape index (κ1) is 20.3. The molecule has 158 valence electrons. The van der Waals surface area contributed by atoms with Gasteiger partial charge in [0.1, 0.15) is 0 Å². The van der Waals surface area contributed by atoms with Crippen molar-refractivity contribution in [3.8, 4) is 0 Å². The van der Waals surface area contributed by atoms with E-state index in [1.807, 2.05) is 35.2 Å². The number of benzene rings is 1. The van der Waals surface area contributed by atoms with Crippen LogP contribution in [0.5, 0.6) is 0 Å². The van der Waals surface area contributed by atoms with Crippen LogP contribution in [0.3, 0.4) is 0 Å². The Balaban J connectivity index is 1.31. The summed E-state index contributed by atoms with van der Waals surface area (Å²) in [6, 6.07) is 9.45. The molecule has 0 radical (unpaired) electrons. The summed E-state index contributed by atoms with van der Waals surface area (Å²) in [6.07, 6.45) is 4.70. The number of sulfonamides is 1. The molecule has 2 heterocycles. The zero-order valence-corrected chi connectivity index (χ0v) is 17.5. The summed E-state index contributed by atoms with van der Waals surface area (Å²) >= 11 is 0. The summed E-state index contributed by atoms with van der Waals surface area (Å²) in [5, 5.41) is 0. The lowest BCUT2D eigenvalue weighted by Gasteiger charge is -2.35. The molecule has 0 N–H and O–H groups in total. The third-order valence-electron chi connectivity index (χ3n) is 6.41. The summed E-state index contributed by atoms with van der Waals surface area (Å²) in [6.45, 7) is 1.93. The van der Waals surface area contributed by atoms with Gasteiger partial charge in [-0.1, -0.05) is 43.2 Å². The Labute approximate surface area is 172 Å². The third-order valence-corrected chi connectivity index (χ3v) is 8.26. The summed E-state index contributed by atoms with van der Waals surface area (Å²) in [5.74, 6) is -0.205. The average molecular weight is 420 g/mol. The fourth-order valence-corrected chi connectivity index (χ4v) is 6.30. The summed E-state index contributed by atoms with van der Waals surface area (Å²) in [7, 11) is -3.40. The maximum Gasteiger partial charge on any atom is 0.228 e. The first-order valence-corrected chi connectivity index (χ1v) is 12.1. The van der Waals surface area contributed by atoms with Crippen molar-refractivity contribution in [1.29, 1.82) is 0 Å². The number of carbonyl (C=O) groups is 2. The van der Waals surface area contributed by atoms with Crippen molar-refractivity contribution in [2.75, 3.05) is 32.7 Å². The smallest absolute Gasteiger partial charge is 0.228 e. The van der Waals surface area contributed by atoms with Crippen LogP contribution in [0.2, 0.25) is 0 Å². The number of rotatable bonds is 5. The van der Waals surface area contributed by atoms with Crippen LogP contribution in [0.15, 0.2) is 30.3 Å². The molecule has 3 aliphatic rings. The van der Waals surface area contributed by atoms with Gasteiger partial charge >= 0.3 is 0 Å². The Morgan fingerprint density at radius 1 is 1.00 bits per heavy atom. The standard InChI is InChI=1S/C21H29N3O4S/c25-20-14-18(15-24(20)19-8-4-5-9-19)21(26)22-10-12-23(13-11-22)29(27,28)16-17-6-2-1-3-7-17/h1-3,6-7,18-19H,4-5,8-16H2/t18-/m1/s1. The van der Waals surface area contributed by atoms with Crippen molar-refractivity contribution >= 4 is 21.8 Å². The van der Waals surface area contributed by atoms with Crippen LogP contribution in [-0.2, 0) is 25.4 Å². The molecule has 1 aromatic carbocycles. The highest BCUT2D eigenvalue weighted by Crippen LogP contribution is 2.30. The molecule has 2 aliphatic heterocycles. The molecule has 29 heavy (non-hydrogen) atoms. The van der Waals surface area contributed by atoms with Crippen LogP contribution in [0, 0.1) is 5.92 Å². The Hall–Kier alpha value is -1.93. The van der Waals surface area contributed by atoms with Crippen molar-refractivity contribution in [3.63, 3.8) is 0 Å². The van der Waals surface area contributed by atoms with Gasteiger partial charge < -0.3 is 9.80 Å². The molecule has 1 saturated carbocycles. The Bertz CT molecular complexity index is 844. The van der Waals surface area contributed by atoms with Gasteiger partial charge in [0.15, 0.2) is 0 Å². The molecule has 0 unspecified atom stereocenters. The second-order valence-electron chi connectivity index (χ2n) is 8.35. The van der Waals surface area contributed by atoms with Crippen molar-refractivity contribution < 1.29 is 18.0 Å². The van der Waals surface area contributed by atoms with Crippen LogP contribution >= 0.6 is 0 Å². The van der Waals surface area contributed by atoms with Crippen molar-refractivity contribution in [2.45, 2.75) is 43.9 Å². The fourth-order valence-electron chi connectivity index (χ4n) is 4.79. The predicted octanol–water partition coefficient (Wildman–Crippen LogP) is 1.45. The van der Waals surface area contributed by atoms with E-state index in [-0.39, 0.29) is 23.5 Å². The molecular formula is C21H29N3O4S. The maximum absolute atomic E-state index is 12.9. The monoisotopic (exact) mass is 419 g/mol. The number of nitrogens with zero attached hydrogens (tertiary/aromatic N) is 3. The zero-order chi connectivity index (χ0) is 20.4. The van der Waals surface area contributed by atoms with Gasteiger partial charge in [-0.2, -0.15) is 4.31 Å². The van der Waals surface area contributed by atoms with Gasteiger partial charge in [0.25, 0.3) is 0 Å². The van der Waals surface area contributed by atoms with Crippen LogP contribution in [0.1, 0.15) is 37.7 Å². The molecule has 4 rings (SSSR count). The number of likely N-dealkylation sites (tertiary alicyclic amines) is 1. The highest BCUT2D eigenvalue weighted by Gasteiger charge is 2.41. The van der Waals surface area contributed by atoms with Gasteiger partial charge in [-0.05, 0) is 18.4 Å². The molecule has 0 spiro atoms. The summed E-state index contributed by atoms with van der Waals surface area (Å²) < 4.78 is 26.9. The number of carbonyl (C=O) groups excluding carboxylic acids is 2. The predicted molar refractivity (Wildman–Crippen MR) is 109 cm³/mol. The third kappa shape index (κ3) is 4.48. The first-order valence-electron chi connectivity index (χ1n) is 10.5. The van der Waals surface area contributed by atoms with Crippen LogP contribution in [0.4, 0.5) is 0 Å².